The first-order valence-electron chi connectivity index (χ1n) is 5.41. The fraction of sp³-hybridized carbons (Fsp3) is 0.800. The lowest BCUT2D eigenvalue weighted by atomic mass is 10.0. The van der Waals surface area contributed by atoms with Crippen LogP contribution in [-0.4, -0.2) is 41.7 Å². The number of hydrogen-bond donors (Lipinski definition) is 3. The zero-order valence-corrected chi connectivity index (χ0v) is 10.2. The Bertz CT molecular complexity index is 260. The van der Waals surface area contributed by atoms with Crippen molar-refractivity contribution in [3.8, 4) is 0 Å². The number of carbonyl (C=O) groups is 2. The van der Waals surface area contributed by atoms with Crippen LogP contribution in [0.5, 0.6) is 0 Å². The molecule has 0 spiro atoms. The zero-order chi connectivity index (χ0) is 12.0. The van der Waals surface area contributed by atoms with Gasteiger partial charge in [-0.25, -0.2) is 4.79 Å². The maximum absolute atomic E-state index is 11.4. The van der Waals surface area contributed by atoms with Crippen LogP contribution >= 0.6 is 11.8 Å². The van der Waals surface area contributed by atoms with Gasteiger partial charge in [0.2, 0.25) is 0 Å². The maximum atomic E-state index is 11.4. The Hall–Kier alpha value is -0.910. The lowest BCUT2D eigenvalue weighted by Gasteiger charge is -2.17. The van der Waals surface area contributed by atoms with Gasteiger partial charge in [-0.1, -0.05) is 6.42 Å². The van der Waals surface area contributed by atoms with Crippen LogP contribution in [0, 0.1) is 5.92 Å². The van der Waals surface area contributed by atoms with Crippen molar-refractivity contribution >= 4 is 23.8 Å². The number of rotatable bonds is 5. The largest absolute Gasteiger partial charge is 0.481 e. The third kappa shape index (κ3) is 3.92. The first-order chi connectivity index (χ1) is 7.65. The molecule has 2 unspecified atom stereocenters. The minimum Gasteiger partial charge on any atom is -0.481 e. The second kappa shape index (κ2) is 6.62. The van der Waals surface area contributed by atoms with Gasteiger partial charge in [0.25, 0.3) is 0 Å². The van der Waals surface area contributed by atoms with Crippen LogP contribution in [-0.2, 0) is 4.79 Å². The van der Waals surface area contributed by atoms with Crippen LogP contribution < -0.4 is 10.6 Å². The molecule has 0 aromatic rings. The first kappa shape index (κ1) is 13.2. The topological polar surface area (TPSA) is 78.4 Å². The molecule has 0 aromatic carbocycles. The summed E-state index contributed by atoms with van der Waals surface area (Å²) in [4.78, 5) is 22.3. The molecule has 2 amide bonds. The van der Waals surface area contributed by atoms with Crippen LogP contribution in [0.3, 0.4) is 0 Å². The van der Waals surface area contributed by atoms with E-state index in [2.05, 4.69) is 10.6 Å². The molecule has 1 fully saturated rings. The maximum Gasteiger partial charge on any atom is 0.315 e. The molecule has 16 heavy (non-hydrogen) atoms. The molecule has 1 rings (SSSR count). The number of urea groups is 1. The fourth-order valence-corrected chi connectivity index (χ4v) is 2.22. The molecule has 0 aromatic heterocycles. The quantitative estimate of drug-likeness (QED) is 0.630. The minimum atomic E-state index is -0.813. The Morgan fingerprint density at radius 1 is 1.44 bits per heavy atom. The molecule has 0 heterocycles. The number of nitrogens with one attached hydrogen (secondary N) is 2. The number of aliphatic carboxylic acids is 1. The van der Waals surface area contributed by atoms with E-state index in [0.717, 1.165) is 18.6 Å². The van der Waals surface area contributed by atoms with E-state index < -0.39 is 11.9 Å². The minimum absolute atomic E-state index is 0.216. The smallest absolute Gasteiger partial charge is 0.315 e. The summed E-state index contributed by atoms with van der Waals surface area (Å²) >= 11 is 1.66. The number of carbonyl (C=O) groups excluding carboxylic acids is 1. The summed E-state index contributed by atoms with van der Waals surface area (Å²) in [5.41, 5.74) is 0. The molecule has 92 valence electrons. The van der Waals surface area contributed by atoms with E-state index >= 15 is 0 Å². The van der Waals surface area contributed by atoms with Crippen molar-refractivity contribution in [1.29, 1.82) is 0 Å². The van der Waals surface area contributed by atoms with Crippen LogP contribution in [0.4, 0.5) is 4.79 Å². The van der Waals surface area contributed by atoms with Gasteiger partial charge >= 0.3 is 12.0 Å². The van der Waals surface area contributed by atoms with E-state index in [-0.39, 0.29) is 12.1 Å². The molecule has 2 atom stereocenters. The van der Waals surface area contributed by atoms with E-state index in [9.17, 15) is 9.59 Å². The highest BCUT2D eigenvalue weighted by molar-refractivity contribution is 7.98. The molecule has 3 N–H and O–H groups in total. The fourth-order valence-electron chi connectivity index (χ4n) is 1.91. The Morgan fingerprint density at radius 2 is 2.19 bits per heavy atom. The summed E-state index contributed by atoms with van der Waals surface area (Å²) in [5.74, 6) is -0.376. The monoisotopic (exact) mass is 246 g/mol. The predicted octanol–water partition coefficient (Wildman–Crippen LogP) is 0.902. The molecule has 0 bridgehead atoms. The van der Waals surface area contributed by atoms with Crippen molar-refractivity contribution in [3.05, 3.63) is 0 Å². The van der Waals surface area contributed by atoms with Crippen molar-refractivity contribution in [2.75, 3.05) is 18.6 Å². The SMILES string of the molecule is CSCCNC(=O)NC1CCCC1C(=O)O. The van der Waals surface area contributed by atoms with Gasteiger partial charge in [-0.3, -0.25) is 4.79 Å². The molecule has 1 aliphatic carbocycles. The number of carboxylic acid groups (broad SMARTS) is 1. The zero-order valence-electron chi connectivity index (χ0n) is 9.36. The number of carboxylic acids is 1. The van der Waals surface area contributed by atoms with Gasteiger partial charge in [0.05, 0.1) is 5.92 Å². The number of amides is 2. The normalized spacial score (nSPS) is 24.1. The summed E-state index contributed by atoms with van der Waals surface area (Å²) in [6.07, 6.45) is 4.25. The average Bonchev–Trinajstić information content (AvgIpc) is 2.66. The number of thioether (sulfide) groups is 1. The number of hydrogen-bond acceptors (Lipinski definition) is 3. The van der Waals surface area contributed by atoms with Gasteiger partial charge < -0.3 is 15.7 Å². The summed E-state index contributed by atoms with van der Waals surface area (Å²) in [6, 6.07) is -0.473. The highest BCUT2D eigenvalue weighted by Gasteiger charge is 2.33. The van der Waals surface area contributed by atoms with Crippen LogP contribution in [0.15, 0.2) is 0 Å². The molecule has 0 saturated heterocycles. The summed E-state index contributed by atoms with van der Waals surface area (Å²) in [6.45, 7) is 0.609. The Morgan fingerprint density at radius 3 is 2.81 bits per heavy atom. The van der Waals surface area contributed by atoms with Crippen LogP contribution in [0.2, 0.25) is 0 Å². The molecular weight excluding hydrogens is 228 g/mol. The molecule has 1 aliphatic rings. The van der Waals surface area contributed by atoms with E-state index in [1.54, 1.807) is 11.8 Å². The Balaban J connectivity index is 2.30. The van der Waals surface area contributed by atoms with Crippen molar-refractivity contribution in [3.63, 3.8) is 0 Å². The van der Waals surface area contributed by atoms with E-state index in [0.29, 0.717) is 13.0 Å². The van der Waals surface area contributed by atoms with Crippen molar-refractivity contribution in [2.24, 2.45) is 5.92 Å². The van der Waals surface area contributed by atoms with E-state index in [4.69, 9.17) is 5.11 Å². The summed E-state index contributed by atoms with van der Waals surface area (Å²) < 4.78 is 0. The van der Waals surface area contributed by atoms with Gasteiger partial charge in [0.1, 0.15) is 0 Å². The summed E-state index contributed by atoms with van der Waals surface area (Å²) in [7, 11) is 0. The molecule has 5 nitrogen and oxygen atoms in total. The van der Waals surface area contributed by atoms with Gasteiger partial charge in [0, 0.05) is 18.3 Å². The highest BCUT2D eigenvalue weighted by atomic mass is 32.2. The van der Waals surface area contributed by atoms with Crippen molar-refractivity contribution in [1.82, 2.24) is 10.6 Å². The molecule has 0 radical (unpaired) electrons. The van der Waals surface area contributed by atoms with Gasteiger partial charge in [0.15, 0.2) is 0 Å². The lowest BCUT2D eigenvalue weighted by molar-refractivity contribution is -0.142. The second-order valence-corrected chi connectivity index (χ2v) is 4.86. The third-order valence-corrected chi connectivity index (χ3v) is 3.35. The van der Waals surface area contributed by atoms with Crippen LogP contribution in [0.1, 0.15) is 19.3 Å². The standard InChI is InChI=1S/C10H18N2O3S/c1-16-6-5-11-10(15)12-8-4-2-3-7(8)9(13)14/h7-8H,2-6H2,1H3,(H,13,14)(H2,11,12,15). The van der Waals surface area contributed by atoms with Gasteiger partial charge in [-0.15, -0.1) is 0 Å². The van der Waals surface area contributed by atoms with E-state index in [1.807, 2.05) is 6.26 Å². The van der Waals surface area contributed by atoms with E-state index in [1.165, 1.54) is 0 Å². The van der Waals surface area contributed by atoms with Crippen molar-refractivity contribution in [2.45, 2.75) is 25.3 Å². The molecular formula is C10H18N2O3S. The van der Waals surface area contributed by atoms with Gasteiger partial charge in [-0.05, 0) is 19.1 Å². The summed E-state index contributed by atoms with van der Waals surface area (Å²) in [5, 5.41) is 14.4. The molecule has 0 aliphatic heterocycles. The van der Waals surface area contributed by atoms with Gasteiger partial charge in [-0.2, -0.15) is 11.8 Å². The highest BCUT2D eigenvalue weighted by Crippen LogP contribution is 2.25. The predicted molar refractivity (Wildman–Crippen MR) is 63.7 cm³/mol. The Kier molecular flexibility index (Phi) is 5.45. The molecule has 6 heteroatoms. The Labute approximate surface area is 99.4 Å². The third-order valence-electron chi connectivity index (χ3n) is 2.74. The molecule has 1 saturated carbocycles. The first-order valence-corrected chi connectivity index (χ1v) is 6.80. The van der Waals surface area contributed by atoms with Crippen molar-refractivity contribution < 1.29 is 14.7 Å². The average molecular weight is 246 g/mol. The van der Waals surface area contributed by atoms with Crippen LogP contribution in [0.25, 0.3) is 0 Å². The lowest BCUT2D eigenvalue weighted by Crippen LogP contribution is -2.45. The second-order valence-electron chi connectivity index (χ2n) is 3.88.